The average molecular weight is 267 g/mol. The summed E-state index contributed by atoms with van der Waals surface area (Å²) in [5.74, 6) is 0.785. The fraction of sp³-hybridized carbons (Fsp3) is 0.182. The Labute approximate surface area is 96.8 Å². The maximum atomic E-state index is 5.35. The van der Waals surface area contributed by atoms with Gasteiger partial charge in [0.15, 0.2) is 5.75 Å². The fourth-order valence-electron chi connectivity index (χ4n) is 1.32. The minimum atomic E-state index is 0.654. The van der Waals surface area contributed by atoms with E-state index < -0.39 is 0 Å². The van der Waals surface area contributed by atoms with Gasteiger partial charge < -0.3 is 4.74 Å². The zero-order valence-electron chi connectivity index (χ0n) is 8.35. The summed E-state index contributed by atoms with van der Waals surface area (Å²) >= 11 is 3.48. The van der Waals surface area contributed by atoms with Gasteiger partial charge in [0.2, 0.25) is 0 Å². The smallest absolute Gasteiger partial charge is 0.157 e. The Morgan fingerprint density at radius 3 is 2.93 bits per heavy atom. The Balaban J connectivity index is 2.33. The summed E-state index contributed by atoms with van der Waals surface area (Å²) < 4.78 is 8.15. The predicted octanol–water partition coefficient (Wildman–Crippen LogP) is 3.03. The van der Waals surface area contributed by atoms with Crippen molar-refractivity contribution in [3.8, 4) is 11.4 Å². The zero-order valence-corrected chi connectivity index (χ0v) is 9.94. The summed E-state index contributed by atoms with van der Waals surface area (Å²) in [6, 6.07) is 7.92. The first kappa shape index (κ1) is 10.2. The number of rotatable bonds is 3. The van der Waals surface area contributed by atoms with Gasteiger partial charge in [-0.3, -0.25) is 0 Å². The van der Waals surface area contributed by atoms with Gasteiger partial charge in [0.25, 0.3) is 0 Å². The fourth-order valence-corrected chi connectivity index (χ4v) is 1.78. The van der Waals surface area contributed by atoms with E-state index in [0.29, 0.717) is 6.61 Å². The first-order valence-electron chi connectivity index (χ1n) is 4.73. The van der Waals surface area contributed by atoms with E-state index in [4.69, 9.17) is 4.74 Å². The van der Waals surface area contributed by atoms with Crippen LogP contribution in [0.25, 0.3) is 5.69 Å². The molecule has 15 heavy (non-hydrogen) atoms. The monoisotopic (exact) mass is 266 g/mol. The summed E-state index contributed by atoms with van der Waals surface area (Å²) in [6.07, 6.45) is 3.58. The van der Waals surface area contributed by atoms with E-state index in [1.165, 1.54) is 0 Å². The van der Waals surface area contributed by atoms with Crippen LogP contribution < -0.4 is 4.74 Å². The summed E-state index contributed by atoms with van der Waals surface area (Å²) in [7, 11) is 0. The molecule has 0 unspecified atom stereocenters. The number of benzene rings is 1. The van der Waals surface area contributed by atoms with E-state index in [1.807, 2.05) is 37.4 Å². The van der Waals surface area contributed by atoms with Crippen molar-refractivity contribution in [2.45, 2.75) is 6.92 Å². The van der Waals surface area contributed by atoms with E-state index in [1.54, 1.807) is 10.9 Å². The van der Waals surface area contributed by atoms with Crippen molar-refractivity contribution in [3.63, 3.8) is 0 Å². The normalized spacial score (nSPS) is 10.3. The molecule has 0 bridgehead atoms. The van der Waals surface area contributed by atoms with Crippen LogP contribution in [0.5, 0.6) is 5.75 Å². The highest BCUT2D eigenvalue weighted by molar-refractivity contribution is 9.10. The highest BCUT2D eigenvalue weighted by atomic mass is 79.9. The summed E-state index contributed by atoms with van der Waals surface area (Å²) in [5, 5.41) is 4.23. The second-order valence-electron chi connectivity index (χ2n) is 3.01. The molecule has 0 radical (unpaired) electrons. The number of hydrogen-bond acceptors (Lipinski definition) is 2. The van der Waals surface area contributed by atoms with Crippen LogP contribution in [0.4, 0.5) is 0 Å². The second kappa shape index (κ2) is 4.49. The molecule has 0 fully saturated rings. The molecule has 0 N–H and O–H groups in total. The maximum Gasteiger partial charge on any atom is 0.157 e. The topological polar surface area (TPSA) is 27.1 Å². The van der Waals surface area contributed by atoms with Crippen LogP contribution >= 0.6 is 15.9 Å². The Morgan fingerprint density at radius 1 is 1.40 bits per heavy atom. The molecule has 1 aromatic carbocycles. The number of para-hydroxylation sites is 1. The summed E-state index contributed by atoms with van der Waals surface area (Å²) in [6.45, 7) is 2.61. The zero-order chi connectivity index (χ0) is 10.7. The Bertz CT molecular complexity index is 453. The van der Waals surface area contributed by atoms with E-state index >= 15 is 0 Å². The van der Waals surface area contributed by atoms with Crippen molar-refractivity contribution in [3.05, 3.63) is 41.1 Å². The quantitative estimate of drug-likeness (QED) is 0.854. The third-order valence-electron chi connectivity index (χ3n) is 1.97. The number of aromatic nitrogens is 2. The van der Waals surface area contributed by atoms with Crippen molar-refractivity contribution in [2.75, 3.05) is 6.61 Å². The van der Waals surface area contributed by atoms with Crippen molar-refractivity contribution in [2.24, 2.45) is 0 Å². The van der Waals surface area contributed by atoms with E-state index in [0.717, 1.165) is 15.9 Å². The number of nitrogens with zero attached hydrogens (tertiary/aromatic N) is 2. The van der Waals surface area contributed by atoms with Crippen LogP contribution in [0.3, 0.4) is 0 Å². The van der Waals surface area contributed by atoms with Crippen LogP contribution in [-0.4, -0.2) is 16.4 Å². The highest BCUT2D eigenvalue weighted by Gasteiger charge is 2.03. The van der Waals surface area contributed by atoms with Gasteiger partial charge in [-0.05, 0) is 35.0 Å². The highest BCUT2D eigenvalue weighted by Crippen LogP contribution is 2.21. The molecule has 0 spiro atoms. The number of ether oxygens (including phenoxy) is 1. The minimum absolute atomic E-state index is 0.654. The van der Waals surface area contributed by atoms with Gasteiger partial charge in [0, 0.05) is 4.47 Å². The van der Waals surface area contributed by atoms with Crippen molar-refractivity contribution < 1.29 is 4.74 Å². The molecule has 3 nitrogen and oxygen atoms in total. The van der Waals surface area contributed by atoms with Crippen LogP contribution in [-0.2, 0) is 0 Å². The molecule has 2 rings (SSSR count). The molecular formula is C11H11BrN2O. The largest absolute Gasteiger partial charge is 0.491 e. The van der Waals surface area contributed by atoms with Crippen LogP contribution in [0.2, 0.25) is 0 Å². The molecule has 2 aromatic rings. The minimum Gasteiger partial charge on any atom is -0.491 e. The Morgan fingerprint density at radius 2 is 2.20 bits per heavy atom. The van der Waals surface area contributed by atoms with Crippen molar-refractivity contribution in [1.29, 1.82) is 0 Å². The molecule has 0 saturated carbocycles. The molecule has 0 amide bonds. The lowest BCUT2D eigenvalue weighted by Gasteiger charge is -2.02. The van der Waals surface area contributed by atoms with Gasteiger partial charge in [-0.1, -0.05) is 12.1 Å². The van der Waals surface area contributed by atoms with Gasteiger partial charge in [0.1, 0.15) is 0 Å². The van der Waals surface area contributed by atoms with Gasteiger partial charge in [0.05, 0.1) is 24.7 Å². The second-order valence-corrected chi connectivity index (χ2v) is 3.86. The summed E-state index contributed by atoms with van der Waals surface area (Å²) in [4.78, 5) is 0. The molecule has 1 heterocycles. The molecule has 0 saturated heterocycles. The predicted molar refractivity (Wildman–Crippen MR) is 62.4 cm³/mol. The number of hydrogen-bond donors (Lipinski definition) is 0. The van der Waals surface area contributed by atoms with E-state index in [9.17, 15) is 0 Å². The SMILES string of the molecule is CCOc1cnn(-c2ccccc2Br)c1. The van der Waals surface area contributed by atoms with Gasteiger partial charge in [-0.15, -0.1) is 0 Å². The van der Waals surface area contributed by atoms with Crippen LogP contribution in [0.15, 0.2) is 41.1 Å². The lowest BCUT2D eigenvalue weighted by atomic mass is 10.3. The first-order chi connectivity index (χ1) is 7.31. The molecule has 1 aromatic heterocycles. The molecule has 4 heteroatoms. The molecule has 0 aliphatic heterocycles. The molecule has 0 aliphatic carbocycles. The molecule has 78 valence electrons. The Hall–Kier alpha value is -1.29. The van der Waals surface area contributed by atoms with Gasteiger partial charge >= 0.3 is 0 Å². The lowest BCUT2D eigenvalue weighted by Crippen LogP contribution is -1.94. The van der Waals surface area contributed by atoms with Crippen molar-refractivity contribution >= 4 is 15.9 Å². The standard InChI is InChI=1S/C11H11BrN2O/c1-2-15-9-7-13-14(8-9)11-6-4-3-5-10(11)12/h3-8H,2H2,1H3. The first-order valence-corrected chi connectivity index (χ1v) is 5.53. The third kappa shape index (κ3) is 2.21. The van der Waals surface area contributed by atoms with E-state index in [2.05, 4.69) is 21.0 Å². The van der Waals surface area contributed by atoms with Crippen molar-refractivity contribution in [1.82, 2.24) is 9.78 Å². The molecule has 0 atom stereocenters. The lowest BCUT2D eigenvalue weighted by molar-refractivity contribution is 0.340. The molecular weight excluding hydrogens is 256 g/mol. The molecule has 0 aliphatic rings. The van der Waals surface area contributed by atoms with Crippen LogP contribution in [0, 0.1) is 0 Å². The number of halogens is 1. The van der Waals surface area contributed by atoms with Gasteiger partial charge in [-0.2, -0.15) is 5.10 Å². The maximum absolute atomic E-state index is 5.35. The average Bonchev–Trinajstić information content (AvgIpc) is 2.68. The van der Waals surface area contributed by atoms with Gasteiger partial charge in [-0.25, -0.2) is 4.68 Å². The van der Waals surface area contributed by atoms with Crippen LogP contribution in [0.1, 0.15) is 6.92 Å². The Kier molecular flexibility index (Phi) is 3.06. The summed E-state index contributed by atoms with van der Waals surface area (Å²) in [5.41, 5.74) is 1.00. The third-order valence-corrected chi connectivity index (χ3v) is 2.64. The van der Waals surface area contributed by atoms with E-state index in [-0.39, 0.29) is 0 Å².